The number of nitrogens with one attached hydrogen (secondary N) is 1. The van der Waals surface area contributed by atoms with Gasteiger partial charge in [-0.15, -0.1) is 0 Å². The summed E-state index contributed by atoms with van der Waals surface area (Å²) in [5.41, 5.74) is 5.64. The molecule has 0 spiro atoms. The van der Waals surface area contributed by atoms with Crippen molar-refractivity contribution in [1.29, 1.82) is 0 Å². The molecule has 0 amide bonds. The number of aliphatic imine (C=N–C) groups is 1. The molecular weight excluding hydrogens is 455 g/mol. The van der Waals surface area contributed by atoms with Gasteiger partial charge in [0.25, 0.3) is 0 Å². The van der Waals surface area contributed by atoms with E-state index in [1.165, 1.54) is 0 Å². The molecule has 1 aliphatic heterocycles. The number of carboxylic acids is 1. The maximum Gasteiger partial charge on any atom is 0.335 e. The van der Waals surface area contributed by atoms with Crippen molar-refractivity contribution in [3.8, 4) is 11.3 Å². The molecule has 1 aromatic heterocycles. The third-order valence-corrected chi connectivity index (χ3v) is 6.08. The summed E-state index contributed by atoms with van der Waals surface area (Å²) >= 11 is 6.32. The molecule has 1 aliphatic carbocycles. The number of allylic oxidation sites excluding steroid dienone is 4. The molecule has 2 aliphatic rings. The smallest absolute Gasteiger partial charge is 0.335 e. The zero-order chi connectivity index (χ0) is 23.8. The molecule has 170 valence electrons. The van der Waals surface area contributed by atoms with Crippen LogP contribution in [-0.4, -0.2) is 32.9 Å². The molecule has 8 heteroatoms. The molecule has 34 heavy (non-hydrogen) atoms. The maximum absolute atomic E-state index is 14.8. The van der Waals surface area contributed by atoms with Crippen LogP contribution in [0.25, 0.3) is 11.3 Å². The van der Waals surface area contributed by atoms with E-state index >= 15 is 0 Å². The van der Waals surface area contributed by atoms with E-state index in [4.69, 9.17) is 21.6 Å². The van der Waals surface area contributed by atoms with Crippen LogP contribution in [0.1, 0.15) is 33.5 Å². The van der Waals surface area contributed by atoms with Gasteiger partial charge >= 0.3 is 5.97 Å². The highest BCUT2D eigenvalue weighted by molar-refractivity contribution is 6.31. The lowest BCUT2D eigenvalue weighted by molar-refractivity contribution is 0.0696. The SMILES string of the molecule is Cc1cc(Nc2ncc3c(n2)-c2ccc(Cl)cc2C(C2=CC=CCC2F)=NC3)ccc1C(=O)O. The van der Waals surface area contributed by atoms with E-state index in [1.54, 1.807) is 55.6 Å². The van der Waals surface area contributed by atoms with Crippen molar-refractivity contribution in [2.24, 2.45) is 4.99 Å². The molecule has 2 N–H and O–H groups in total. The van der Waals surface area contributed by atoms with Gasteiger partial charge in [-0.2, -0.15) is 0 Å². The average molecular weight is 475 g/mol. The van der Waals surface area contributed by atoms with E-state index < -0.39 is 12.1 Å². The average Bonchev–Trinajstić information content (AvgIpc) is 2.96. The molecular formula is C26H20ClFN4O2. The fourth-order valence-electron chi connectivity index (χ4n) is 4.17. The fourth-order valence-corrected chi connectivity index (χ4v) is 4.34. The number of hydrogen-bond donors (Lipinski definition) is 2. The largest absolute Gasteiger partial charge is 0.478 e. The number of rotatable bonds is 4. The van der Waals surface area contributed by atoms with E-state index in [0.717, 1.165) is 16.7 Å². The van der Waals surface area contributed by atoms with Crippen molar-refractivity contribution >= 4 is 34.9 Å². The summed E-state index contributed by atoms with van der Waals surface area (Å²) in [5.74, 6) is -0.621. The van der Waals surface area contributed by atoms with E-state index in [0.29, 0.717) is 52.2 Å². The molecule has 1 unspecified atom stereocenters. The van der Waals surface area contributed by atoms with Crippen LogP contribution in [0, 0.1) is 6.92 Å². The first-order valence-corrected chi connectivity index (χ1v) is 11.1. The second kappa shape index (κ2) is 8.83. The quantitative estimate of drug-likeness (QED) is 0.479. The van der Waals surface area contributed by atoms with Gasteiger partial charge in [-0.25, -0.2) is 19.2 Å². The molecule has 0 saturated heterocycles. The highest BCUT2D eigenvalue weighted by Gasteiger charge is 2.26. The van der Waals surface area contributed by atoms with Gasteiger partial charge in [0.1, 0.15) is 6.17 Å². The standard InChI is InChI=1S/C26H20ClFN4O2/c1-14-10-17(7-9-18(14)25(33)34)31-26-30-13-15-12-29-24(20-4-2-3-5-22(20)28)21-11-16(27)6-8-19(21)23(15)32-26/h2-4,6-11,13,22H,5,12H2,1H3,(H,33,34)(H,30,31,32). The molecule has 6 nitrogen and oxygen atoms in total. The minimum absolute atomic E-state index is 0.238. The van der Waals surface area contributed by atoms with Crippen LogP contribution in [0.3, 0.4) is 0 Å². The van der Waals surface area contributed by atoms with Crippen molar-refractivity contribution in [3.05, 3.63) is 93.7 Å². The van der Waals surface area contributed by atoms with Gasteiger partial charge < -0.3 is 10.4 Å². The molecule has 5 rings (SSSR count). The Labute approximate surface area is 200 Å². The predicted octanol–water partition coefficient (Wildman–Crippen LogP) is 6.07. The van der Waals surface area contributed by atoms with Gasteiger partial charge in [-0.05, 0) is 42.8 Å². The zero-order valence-electron chi connectivity index (χ0n) is 18.2. The van der Waals surface area contributed by atoms with Crippen molar-refractivity contribution in [1.82, 2.24) is 9.97 Å². The van der Waals surface area contributed by atoms with Crippen LogP contribution in [-0.2, 0) is 6.54 Å². The van der Waals surface area contributed by atoms with E-state index in [9.17, 15) is 14.3 Å². The van der Waals surface area contributed by atoms with Gasteiger partial charge in [0.05, 0.1) is 23.5 Å². The summed E-state index contributed by atoms with van der Waals surface area (Å²) in [7, 11) is 0. The topological polar surface area (TPSA) is 87.5 Å². The number of hydrogen-bond acceptors (Lipinski definition) is 5. The Morgan fingerprint density at radius 2 is 2.06 bits per heavy atom. The van der Waals surface area contributed by atoms with Crippen molar-refractivity contribution in [3.63, 3.8) is 0 Å². The van der Waals surface area contributed by atoms with E-state index in [1.807, 2.05) is 12.1 Å². The van der Waals surface area contributed by atoms with Crippen molar-refractivity contribution < 1.29 is 14.3 Å². The Morgan fingerprint density at radius 1 is 1.21 bits per heavy atom. The zero-order valence-corrected chi connectivity index (χ0v) is 19.0. The minimum Gasteiger partial charge on any atom is -0.478 e. The molecule has 2 heterocycles. The molecule has 0 radical (unpaired) electrons. The number of aryl methyl sites for hydroxylation is 1. The molecule has 1 atom stereocenters. The number of carbonyl (C=O) groups is 1. The maximum atomic E-state index is 14.8. The van der Waals surface area contributed by atoms with Crippen LogP contribution >= 0.6 is 11.6 Å². The summed E-state index contributed by atoms with van der Waals surface area (Å²) in [6.07, 6.45) is 6.27. The van der Waals surface area contributed by atoms with Crippen molar-refractivity contribution in [2.75, 3.05) is 5.32 Å². The molecule has 0 bridgehead atoms. The van der Waals surface area contributed by atoms with Gasteiger partial charge in [0, 0.05) is 45.6 Å². The van der Waals surface area contributed by atoms with Gasteiger partial charge in [0.15, 0.2) is 0 Å². The molecule has 2 aromatic carbocycles. The number of fused-ring (bicyclic) bond motifs is 3. The van der Waals surface area contributed by atoms with Crippen LogP contribution in [0.2, 0.25) is 5.02 Å². The van der Waals surface area contributed by atoms with Crippen LogP contribution < -0.4 is 5.32 Å². The van der Waals surface area contributed by atoms with Gasteiger partial charge in [-0.1, -0.05) is 35.9 Å². The van der Waals surface area contributed by atoms with Crippen LogP contribution in [0.4, 0.5) is 16.0 Å². The number of benzene rings is 2. The normalized spacial score (nSPS) is 16.6. The first kappa shape index (κ1) is 22.0. The number of aromatic nitrogens is 2. The summed E-state index contributed by atoms with van der Waals surface area (Å²) < 4.78 is 14.8. The minimum atomic E-state index is -1.14. The number of halogens is 2. The Bertz CT molecular complexity index is 1410. The Morgan fingerprint density at radius 3 is 2.82 bits per heavy atom. The summed E-state index contributed by atoms with van der Waals surface area (Å²) in [5, 5.41) is 12.9. The number of aromatic carboxylic acids is 1. The van der Waals surface area contributed by atoms with Crippen LogP contribution in [0.15, 0.2) is 71.4 Å². The highest BCUT2D eigenvalue weighted by atomic mass is 35.5. The second-order valence-corrected chi connectivity index (χ2v) is 8.57. The summed E-state index contributed by atoms with van der Waals surface area (Å²) in [6, 6.07) is 10.4. The molecule has 0 fully saturated rings. The second-order valence-electron chi connectivity index (χ2n) is 8.14. The first-order valence-electron chi connectivity index (χ1n) is 10.7. The van der Waals surface area contributed by atoms with E-state index in [2.05, 4.69) is 10.3 Å². The van der Waals surface area contributed by atoms with Crippen molar-refractivity contribution in [2.45, 2.75) is 26.1 Å². The Kier molecular flexibility index (Phi) is 5.71. The lowest BCUT2D eigenvalue weighted by atomic mass is 9.90. The molecule has 0 saturated carbocycles. The lowest BCUT2D eigenvalue weighted by Crippen LogP contribution is -2.17. The summed E-state index contributed by atoms with van der Waals surface area (Å²) in [4.78, 5) is 25.2. The lowest BCUT2D eigenvalue weighted by Gasteiger charge is -2.18. The van der Waals surface area contributed by atoms with Gasteiger partial charge in [-0.3, -0.25) is 4.99 Å². The number of anilines is 2. The Hall–Kier alpha value is -3.84. The number of alkyl halides is 1. The monoisotopic (exact) mass is 474 g/mol. The van der Waals surface area contributed by atoms with Gasteiger partial charge in [0.2, 0.25) is 5.95 Å². The first-order chi connectivity index (χ1) is 16.4. The summed E-state index contributed by atoms with van der Waals surface area (Å²) in [6.45, 7) is 2.04. The van der Waals surface area contributed by atoms with Crippen LogP contribution in [0.5, 0.6) is 0 Å². The number of carboxylic acid groups (broad SMARTS) is 1. The highest BCUT2D eigenvalue weighted by Crippen LogP contribution is 2.35. The number of nitrogens with zero attached hydrogens (tertiary/aromatic N) is 3. The fraction of sp³-hybridized carbons (Fsp3) is 0.154. The third-order valence-electron chi connectivity index (χ3n) is 5.84. The Balaban J connectivity index is 1.56. The third kappa shape index (κ3) is 4.10. The van der Waals surface area contributed by atoms with E-state index in [-0.39, 0.29) is 5.56 Å². The predicted molar refractivity (Wildman–Crippen MR) is 131 cm³/mol. The molecule has 3 aromatic rings.